The van der Waals surface area contributed by atoms with Gasteiger partial charge in [0.25, 0.3) is 0 Å². The molecule has 2 aromatic heterocycles. The second kappa shape index (κ2) is 7.81. The number of rotatable bonds is 4. The molecule has 0 unspecified atom stereocenters. The Balaban J connectivity index is 1.53. The maximum atomic E-state index is 12.2. The van der Waals surface area contributed by atoms with Gasteiger partial charge in [-0.25, -0.2) is 5.43 Å². The SMILES string of the molecule is COc1cc2c(cc1NC(=O)C(=O)N/N=C/c1cccnc1)oc1ccccc12. The Morgan fingerprint density at radius 1 is 1.07 bits per heavy atom. The summed E-state index contributed by atoms with van der Waals surface area (Å²) < 4.78 is 11.2. The summed E-state index contributed by atoms with van der Waals surface area (Å²) in [5.41, 5.74) is 4.46. The van der Waals surface area contributed by atoms with E-state index in [-0.39, 0.29) is 0 Å². The molecule has 0 radical (unpaired) electrons. The first kappa shape index (κ1) is 18.2. The summed E-state index contributed by atoms with van der Waals surface area (Å²) in [4.78, 5) is 28.2. The van der Waals surface area contributed by atoms with Gasteiger partial charge in [0.05, 0.1) is 19.0 Å². The van der Waals surface area contributed by atoms with Crippen molar-refractivity contribution in [2.24, 2.45) is 5.10 Å². The third kappa shape index (κ3) is 3.77. The minimum absolute atomic E-state index is 0.315. The Morgan fingerprint density at radius 2 is 1.93 bits per heavy atom. The van der Waals surface area contributed by atoms with E-state index in [9.17, 15) is 9.59 Å². The van der Waals surface area contributed by atoms with Gasteiger partial charge in [-0.15, -0.1) is 0 Å². The molecule has 0 atom stereocenters. The van der Waals surface area contributed by atoms with Gasteiger partial charge < -0.3 is 14.5 Å². The predicted octanol–water partition coefficient (Wildman–Crippen LogP) is 3.08. The lowest BCUT2D eigenvalue weighted by atomic mass is 10.1. The van der Waals surface area contributed by atoms with E-state index >= 15 is 0 Å². The third-order valence-corrected chi connectivity index (χ3v) is 4.22. The standard InChI is InChI=1S/C21H16N4O4/c1-28-19-9-15-14-6-2-3-7-17(14)29-18(15)10-16(19)24-20(26)21(27)25-23-12-13-5-4-8-22-11-13/h2-12H,1H3,(H,24,26)(H,25,27)/b23-12+. The first-order chi connectivity index (χ1) is 14.2. The molecule has 0 aliphatic carbocycles. The number of hydrazone groups is 1. The van der Waals surface area contributed by atoms with E-state index in [4.69, 9.17) is 9.15 Å². The van der Waals surface area contributed by atoms with Crippen molar-refractivity contribution in [3.63, 3.8) is 0 Å². The summed E-state index contributed by atoms with van der Waals surface area (Å²) >= 11 is 0. The number of carbonyl (C=O) groups is 2. The van der Waals surface area contributed by atoms with Crippen molar-refractivity contribution >= 4 is 45.7 Å². The first-order valence-electron chi connectivity index (χ1n) is 8.69. The number of methoxy groups -OCH3 is 1. The monoisotopic (exact) mass is 388 g/mol. The number of hydrogen-bond donors (Lipinski definition) is 2. The van der Waals surface area contributed by atoms with Crippen LogP contribution in [0.15, 0.2) is 70.4 Å². The smallest absolute Gasteiger partial charge is 0.329 e. The molecule has 4 rings (SSSR count). The molecular weight excluding hydrogens is 372 g/mol. The van der Waals surface area contributed by atoms with Crippen LogP contribution >= 0.6 is 0 Å². The number of nitrogens with one attached hydrogen (secondary N) is 2. The Labute approximate surface area is 165 Å². The summed E-state index contributed by atoms with van der Waals surface area (Å²) in [7, 11) is 1.48. The van der Waals surface area contributed by atoms with Crippen LogP contribution in [0.25, 0.3) is 21.9 Å². The van der Waals surface area contributed by atoms with Crippen molar-refractivity contribution in [1.82, 2.24) is 10.4 Å². The molecule has 0 aliphatic rings. The number of aromatic nitrogens is 1. The lowest BCUT2D eigenvalue weighted by Gasteiger charge is -2.09. The molecule has 0 spiro atoms. The van der Waals surface area contributed by atoms with Crippen molar-refractivity contribution in [2.45, 2.75) is 0 Å². The number of amides is 2. The van der Waals surface area contributed by atoms with Gasteiger partial charge in [-0.3, -0.25) is 14.6 Å². The highest BCUT2D eigenvalue weighted by Gasteiger charge is 2.18. The van der Waals surface area contributed by atoms with Crippen LogP contribution < -0.4 is 15.5 Å². The average Bonchev–Trinajstić information content (AvgIpc) is 3.11. The largest absolute Gasteiger partial charge is 0.495 e. The van der Waals surface area contributed by atoms with E-state index in [2.05, 4.69) is 20.8 Å². The Hall–Kier alpha value is -4.20. The third-order valence-electron chi connectivity index (χ3n) is 4.22. The van der Waals surface area contributed by atoms with E-state index < -0.39 is 11.8 Å². The molecule has 0 saturated carbocycles. The Bertz CT molecular complexity index is 1230. The summed E-state index contributed by atoms with van der Waals surface area (Å²) in [5, 5.41) is 8.05. The van der Waals surface area contributed by atoms with Crippen LogP contribution in [-0.2, 0) is 9.59 Å². The molecule has 2 aromatic carbocycles. The van der Waals surface area contributed by atoms with Gasteiger partial charge in [0.15, 0.2) is 0 Å². The quantitative estimate of drug-likeness (QED) is 0.317. The van der Waals surface area contributed by atoms with Crippen LogP contribution in [0.4, 0.5) is 5.69 Å². The van der Waals surface area contributed by atoms with E-state index in [0.717, 1.165) is 16.4 Å². The minimum Gasteiger partial charge on any atom is -0.495 e. The molecule has 0 bridgehead atoms. The van der Waals surface area contributed by atoms with E-state index in [1.807, 2.05) is 24.3 Å². The maximum Gasteiger partial charge on any atom is 0.329 e. The second-order valence-corrected chi connectivity index (χ2v) is 6.09. The second-order valence-electron chi connectivity index (χ2n) is 6.09. The molecule has 2 amide bonds. The Morgan fingerprint density at radius 3 is 2.72 bits per heavy atom. The topological polar surface area (TPSA) is 106 Å². The van der Waals surface area contributed by atoms with Crippen LogP contribution in [0.2, 0.25) is 0 Å². The van der Waals surface area contributed by atoms with Crippen LogP contribution in [0.1, 0.15) is 5.56 Å². The molecule has 8 heteroatoms. The van der Waals surface area contributed by atoms with Crippen LogP contribution in [0.3, 0.4) is 0 Å². The van der Waals surface area contributed by atoms with Crippen molar-refractivity contribution in [2.75, 3.05) is 12.4 Å². The van der Waals surface area contributed by atoms with Crippen LogP contribution in [0.5, 0.6) is 5.75 Å². The van der Waals surface area contributed by atoms with Gasteiger partial charge in [0, 0.05) is 34.8 Å². The highest BCUT2D eigenvalue weighted by atomic mass is 16.5. The molecule has 29 heavy (non-hydrogen) atoms. The van der Waals surface area contributed by atoms with Crippen LogP contribution in [0, 0.1) is 0 Å². The normalized spacial score (nSPS) is 11.1. The van der Waals surface area contributed by atoms with Gasteiger partial charge in [0.2, 0.25) is 0 Å². The maximum absolute atomic E-state index is 12.2. The van der Waals surface area contributed by atoms with Gasteiger partial charge in [-0.2, -0.15) is 5.10 Å². The molecule has 0 saturated heterocycles. The van der Waals surface area contributed by atoms with Crippen molar-refractivity contribution in [3.8, 4) is 5.75 Å². The zero-order chi connectivity index (χ0) is 20.2. The number of pyridine rings is 1. The number of benzene rings is 2. The number of nitrogens with zero attached hydrogens (tertiary/aromatic N) is 2. The summed E-state index contributed by atoms with van der Waals surface area (Å²) in [6.45, 7) is 0. The first-order valence-corrected chi connectivity index (χ1v) is 8.69. The van der Waals surface area contributed by atoms with E-state index in [1.54, 1.807) is 36.7 Å². The minimum atomic E-state index is -0.920. The fourth-order valence-corrected chi connectivity index (χ4v) is 2.87. The molecular formula is C21H16N4O4. The number of ether oxygens (including phenoxy) is 1. The van der Waals surface area contributed by atoms with E-state index in [1.165, 1.54) is 13.3 Å². The number of anilines is 1. The van der Waals surface area contributed by atoms with Gasteiger partial charge >= 0.3 is 11.8 Å². The number of para-hydroxylation sites is 1. The number of fused-ring (bicyclic) bond motifs is 3. The predicted molar refractivity (Wildman–Crippen MR) is 109 cm³/mol. The number of carbonyl (C=O) groups excluding carboxylic acids is 2. The van der Waals surface area contributed by atoms with Crippen molar-refractivity contribution < 1.29 is 18.7 Å². The Kier molecular flexibility index (Phi) is 4.90. The van der Waals surface area contributed by atoms with Gasteiger partial charge in [0.1, 0.15) is 16.9 Å². The number of furan rings is 1. The molecule has 2 heterocycles. The van der Waals surface area contributed by atoms with Gasteiger partial charge in [-0.05, 0) is 18.2 Å². The van der Waals surface area contributed by atoms with Crippen molar-refractivity contribution in [3.05, 3.63) is 66.5 Å². The lowest BCUT2D eigenvalue weighted by molar-refractivity contribution is -0.136. The number of hydrogen-bond acceptors (Lipinski definition) is 6. The molecule has 4 aromatic rings. The fraction of sp³-hybridized carbons (Fsp3) is 0.0476. The van der Waals surface area contributed by atoms with Crippen molar-refractivity contribution in [1.29, 1.82) is 0 Å². The lowest BCUT2D eigenvalue weighted by Crippen LogP contribution is -2.32. The fourth-order valence-electron chi connectivity index (χ4n) is 2.87. The molecule has 0 aliphatic heterocycles. The zero-order valence-corrected chi connectivity index (χ0v) is 15.4. The molecule has 144 valence electrons. The highest BCUT2D eigenvalue weighted by Crippen LogP contribution is 2.36. The summed E-state index contributed by atoms with van der Waals surface area (Å²) in [5.74, 6) is -1.40. The summed E-state index contributed by atoms with van der Waals surface area (Å²) in [6.07, 6.45) is 4.58. The molecule has 0 fully saturated rings. The molecule has 2 N–H and O–H groups in total. The summed E-state index contributed by atoms with van der Waals surface area (Å²) in [6, 6.07) is 14.5. The highest BCUT2D eigenvalue weighted by molar-refractivity contribution is 6.39. The molecule has 8 nitrogen and oxygen atoms in total. The van der Waals surface area contributed by atoms with Crippen LogP contribution in [-0.4, -0.2) is 30.1 Å². The zero-order valence-electron chi connectivity index (χ0n) is 15.4. The van der Waals surface area contributed by atoms with Gasteiger partial charge in [-0.1, -0.05) is 24.3 Å². The average molecular weight is 388 g/mol. The van der Waals surface area contributed by atoms with E-state index in [0.29, 0.717) is 22.6 Å².